The molecule has 8 nitrogen and oxygen atoms in total. The summed E-state index contributed by atoms with van der Waals surface area (Å²) < 4.78 is 16.8. The van der Waals surface area contributed by atoms with Crippen molar-refractivity contribution in [2.24, 2.45) is 10.9 Å². The van der Waals surface area contributed by atoms with E-state index in [2.05, 4.69) is 50.9 Å². The molecule has 31 heavy (non-hydrogen) atoms. The third-order valence-electron chi connectivity index (χ3n) is 5.02. The lowest BCUT2D eigenvalue weighted by molar-refractivity contribution is 0.166. The van der Waals surface area contributed by atoms with E-state index in [0.29, 0.717) is 43.9 Å². The molecule has 3 rings (SSSR count). The molecule has 9 heteroatoms. The summed E-state index contributed by atoms with van der Waals surface area (Å²) in [5.74, 6) is 3.74. The molecule has 0 aliphatic carbocycles. The first kappa shape index (κ1) is 25.4. The zero-order chi connectivity index (χ0) is 21.3. The molecule has 1 aliphatic rings. The maximum atomic E-state index is 6.12. The second-order valence-corrected chi connectivity index (χ2v) is 7.96. The summed E-state index contributed by atoms with van der Waals surface area (Å²) in [4.78, 5) is 8.69. The van der Waals surface area contributed by atoms with Gasteiger partial charge >= 0.3 is 0 Å². The van der Waals surface area contributed by atoms with Gasteiger partial charge in [0.05, 0.1) is 13.2 Å². The molecule has 0 bridgehead atoms. The number of rotatable bonds is 9. The Hall–Kier alpha value is -1.88. The highest BCUT2D eigenvalue weighted by Crippen LogP contribution is 2.22. The Morgan fingerprint density at radius 2 is 2.16 bits per heavy atom. The summed E-state index contributed by atoms with van der Waals surface area (Å²) in [5.41, 5.74) is 2.28. The van der Waals surface area contributed by atoms with Crippen LogP contribution in [0.4, 0.5) is 0 Å². The van der Waals surface area contributed by atoms with Crippen LogP contribution >= 0.6 is 24.0 Å². The summed E-state index contributed by atoms with van der Waals surface area (Å²) >= 11 is 0. The fraction of sp³-hybridized carbons (Fsp3) is 0.591. The molecule has 1 unspecified atom stereocenters. The first-order chi connectivity index (χ1) is 14.5. The largest absolute Gasteiger partial charge is 0.493 e. The van der Waals surface area contributed by atoms with Crippen LogP contribution in [-0.4, -0.2) is 49.5 Å². The lowest BCUT2D eigenvalue weighted by Gasteiger charge is -2.16. The minimum atomic E-state index is 0. The van der Waals surface area contributed by atoms with Gasteiger partial charge in [-0.15, -0.1) is 24.0 Å². The van der Waals surface area contributed by atoms with Crippen molar-refractivity contribution in [3.63, 3.8) is 0 Å². The van der Waals surface area contributed by atoms with Crippen LogP contribution in [0.2, 0.25) is 0 Å². The van der Waals surface area contributed by atoms with E-state index < -0.39 is 0 Å². The number of guanidine groups is 1. The first-order valence-electron chi connectivity index (χ1n) is 10.6. The van der Waals surface area contributed by atoms with Crippen molar-refractivity contribution in [3.8, 4) is 5.75 Å². The fourth-order valence-corrected chi connectivity index (χ4v) is 3.16. The van der Waals surface area contributed by atoms with Crippen molar-refractivity contribution in [2.45, 2.75) is 46.1 Å². The van der Waals surface area contributed by atoms with Gasteiger partial charge in [0.2, 0.25) is 5.89 Å². The van der Waals surface area contributed by atoms with Crippen molar-refractivity contribution < 1.29 is 14.0 Å². The Bertz CT molecular complexity index is 834. The summed E-state index contributed by atoms with van der Waals surface area (Å²) in [5, 5.41) is 10.6. The molecule has 0 radical (unpaired) electrons. The van der Waals surface area contributed by atoms with Gasteiger partial charge in [0.15, 0.2) is 11.8 Å². The average molecular weight is 543 g/mol. The lowest BCUT2D eigenvalue weighted by Crippen LogP contribution is -2.38. The van der Waals surface area contributed by atoms with Gasteiger partial charge < -0.3 is 24.6 Å². The quantitative estimate of drug-likeness (QED) is 0.284. The molecule has 2 N–H and O–H groups in total. The van der Waals surface area contributed by atoms with Crippen LogP contribution in [-0.2, 0) is 17.7 Å². The van der Waals surface area contributed by atoms with Crippen molar-refractivity contribution in [1.29, 1.82) is 0 Å². The van der Waals surface area contributed by atoms with E-state index in [1.807, 2.05) is 13.8 Å². The minimum absolute atomic E-state index is 0. The molecule has 172 valence electrons. The average Bonchev–Trinajstić information content (AvgIpc) is 3.42. The molecular formula is C22H34IN5O3. The second kappa shape index (κ2) is 12.8. The molecule has 1 aromatic carbocycles. The maximum absolute atomic E-state index is 6.12. The van der Waals surface area contributed by atoms with Crippen LogP contribution in [0.3, 0.4) is 0 Å². The number of nitrogens with one attached hydrogen (secondary N) is 2. The monoisotopic (exact) mass is 543 g/mol. The number of nitrogens with zero attached hydrogens (tertiary/aromatic N) is 3. The van der Waals surface area contributed by atoms with Gasteiger partial charge in [0.1, 0.15) is 5.75 Å². The topological polar surface area (TPSA) is 93.8 Å². The summed E-state index contributed by atoms with van der Waals surface area (Å²) in [6.45, 7) is 9.74. The number of hydrogen-bond acceptors (Lipinski definition) is 6. The standard InChI is InChI=1S/C22H33N5O3.HI/c1-15(2)21-26-20(30-27-21)7-9-24-22(23-4)25-12-18-6-5-16(3)11-19(18)29-14-17-8-10-28-13-17;/h5-6,11,15,17H,7-10,12-14H2,1-4H3,(H2,23,24,25);1H. The van der Waals surface area contributed by atoms with Gasteiger partial charge in [-0.1, -0.05) is 31.1 Å². The molecule has 1 atom stereocenters. The SMILES string of the molecule is CN=C(NCCc1nc(C(C)C)no1)NCc1ccc(C)cc1OCC1CCOC1.I. The van der Waals surface area contributed by atoms with Crippen LogP contribution in [0, 0.1) is 12.8 Å². The van der Waals surface area contributed by atoms with Gasteiger partial charge in [-0.3, -0.25) is 4.99 Å². The Morgan fingerprint density at radius 1 is 1.32 bits per heavy atom. The van der Waals surface area contributed by atoms with E-state index in [1.54, 1.807) is 7.05 Å². The first-order valence-corrected chi connectivity index (χ1v) is 10.6. The van der Waals surface area contributed by atoms with Crippen LogP contribution in [0.1, 0.15) is 49.0 Å². The molecule has 1 fully saturated rings. The van der Waals surface area contributed by atoms with Gasteiger partial charge in [0, 0.05) is 50.6 Å². The van der Waals surface area contributed by atoms with Crippen LogP contribution in [0.25, 0.3) is 0 Å². The van der Waals surface area contributed by atoms with Crippen molar-refractivity contribution in [2.75, 3.05) is 33.4 Å². The highest BCUT2D eigenvalue weighted by molar-refractivity contribution is 14.0. The number of aromatic nitrogens is 2. The number of benzene rings is 1. The van der Waals surface area contributed by atoms with Gasteiger partial charge in [-0.2, -0.15) is 4.98 Å². The lowest BCUT2D eigenvalue weighted by atomic mass is 10.1. The normalized spacial score (nSPS) is 16.3. The molecule has 1 aliphatic heterocycles. The third kappa shape index (κ3) is 7.95. The van der Waals surface area contributed by atoms with Crippen LogP contribution < -0.4 is 15.4 Å². The highest BCUT2D eigenvalue weighted by atomic mass is 127. The number of halogens is 1. The van der Waals surface area contributed by atoms with E-state index in [0.717, 1.165) is 36.8 Å². The molecule has 2 aromatic rings. The van der Waals surface area contributed by atoms with E-state index >= 15 is 0 Å². The van der Waals surface area contributed by atoms with Crippen LogP contribution in [0.15, 0.2) is 27.7 Å². The van der Waals surface area contributed by atoms with Crippen molar-refractivity contribution in [3.05, 3.63) is 41.0 Å². The van der Waals surface area contributed by atoms with E-state index in [4.69, 9.17) is 14.0 Å². The van der Waals surface area contributed by atoms with E-state index in [1.165, 1.54) is 5.56 Å². The highest BCUT2D eigenvalue weighted by Gasteiger charge is 2.17. The molecule has 1 saturated heterocycles. The molecule has 0 amide bonds. The molecule has 1 aromatic heterocycles. The smallest absolute Gasteiger partial charge is 0.228 e. The summed E-state index contributed by atoms with van der Waals surface area (Å²) in [6, 6.07) is 6.29. The molecule has 0 saturated carbocycles. The summed E-state index contributed by atoms with van der Waals surface area (Å²) in [6.07, 6.45) is 1.71. The number of hydrogen-bond donors (Lipinski definition) is 2. The molecule has 2 heterocycles. The number of ether oxygens (including phenoxy) is 2. The predicted octanol–water partition coefficient (Wildman–Crippen LogP) is 3.44. The summed E-state index contributed by atoms with van der Waals surface area (Å²) in [7, 11) is 1.76. The van der Waals surface area contributed by atoms with Gasteiger partial charge in [-0.05, 0) is 25.0 Å². The Labute approximate surface area is 201 Å². The minimum Gasteiger partial charge on any atom is -0.493 e. The van der Waals surface area contributed by atoms with E-state index in [9.17, 15) is 0 Å². The third-order valence-corrected chi connectivity index (χ3v) is 5.02. The van der Waals surface area contributed by atoms with Crippen molar-refractivity contribution in [1.82, 2.24) is 20.8 Å². The Morgan fingerprint density at radius 3 is 2.84 bits per heavy atom. The zero-order valence-corrected chi connectivity index (χ0v) is 21.1. The van der Waals surface area contributed by atoms with E-state index in [-0.39, 0.29) is 29.9 Å². The van der Waals surface area contributed by atoms with Gasteiger partial charge in [0.25, 0.3) is 0 Å². The molecular weight excluding hydrogens is 509 g/mol. The number of aryl methyl sites for hydroxylation is 1. The Kier molecular flexibility index (Phi) is 10.5. The zero-order valence-electron chi connectivity index (χ0n) is 18.8. The van der Waals surface area contributed by atoms with Gasteiger partial charge in [-0.25, -0.2) is 0 Å². The predicted molar refractivity (Wildman–Crippen MR) is 131 cm³/mol. The number of aliphatic imine (C=N–C) groups is 1. The maximum Gasteiger partial charge on any atom is 0.228 e. The fourth-order valence-electron chi connectivity index (χ4n) is 3.16. The Balaban J connectivity index is 0.00000341. The molecule has 0 spiro atoms. The van der Waals surface area contributed by atoms with Crippen LogP contribution in [0.5, 0.6) is 5.75 Å². The second-order valence-electron chi connectivity index (χ2n) is 7.96. The van der Waals surface area contributed by atoms with Crippen molar-refractivity contribution >= 4 is 29.9 Å².